The minimum Gasteiger partial charge on any atom is -0.469 e. The van der Waals surface area contributed by atoms with E-state index in [0.717, 1.165) is 0 Å². The number of nitrogens with zero attached hydrogens (tertiary/aromatic N) is 3. The van der Waals surface area contributed by atoms with Gasteiger partial charge >= 0.3 is 5.97 Å². The molecule has 0 unspecified atom stereocenters. The molecule has 1 fully saturated rings. The van der Waals surface area contributed by atoms with Gasteiger partial charge in [0.05, 0.1) is 12.0 Å². The van der Waals surface area contributed by atoms with Gasteiger partial charge < -0.3 is 19.9 Å². The summed E-state index contributed by atoms with van der Waals surface area (Å²) >= 11 is 11.2. The van der Waals surface area contributed by atoms with Gasteiger partial charge in [0.1, 0.15) is 5.69 Å². The number of nitro benzene ring substituents is 1. The summed E-state index contributed by atoms with van der Waals surface area (Å²) in [4.78, 5) is 25.9. The van der Waals surface area contributed by atoms with Crippen LogP contribution in [0.3, 0.4) is 0 Å². The van der Waals surface area contributed by atoms with Gasteiger partial charge in [-0.3, -0.25) is 14.9 Å². The quantitative estimate of drug-likeness (QED) is 0.255. The summed E-state index contributed by atoms with van der Waals surface area (Å²) in [7, 11) is 1.37. The molecular formula is C16H21ClN4O4S. The molecular weight excluding hydrogens is 380 g/mol. The molecule has 1 aromatic carbocycles. The average Bonchev–Trinajstić information content (AvgIpc) is 2.64. The van der Waals surface area contributed by atoms with Gasteiger partial charge in [0, 0.05) is 50.2 Å². The van der Waals surface area contributed by atoms with Crippen molar-refractivity contribution in [2.75, 3.05) is 44.7 Å². The Kier molecular flexibility index (Phi) is 7.40. The van der Waals surface area contributed by atoms with Gasteiger partial charge in [-0.2, -0.15) is 0 Å². The minimum absolute atomic E-state index is 0.00876. The zero-order chi connectivity index (χ0) is 19.1. The Hall–Kier alpha value is -2.13. The van der Waals surface area contributed by atoms with Crippen LogP contribution in [0.5, 0.6) is 0 Å². The van der Waals surface area contributed by atoms with E-state index in [1.807, 2.05) is 9.80 Å². The second kappa shape index (κ2) is 9.54. The highest BCUT2D eigenvalue weighted by Crippen LogP contribution is 2.31. The van der Waals surface area contributed by atoms with Crippen LogP contribution in [-0.4, -0.2) is 60.7 Å². The summed E-state index contributed by atoms with van der Waals surface area (Å²) in [5, 5.41) is 15.3. The van der Waals surface area contributed by atoms with E-state index in [9.17, 15) is 14.9 Å². The largest absolute Gasteiger partial charge is 0.469 e. The molecule has 0 atom stereocenters. The maximum atomic E-state index is 11.3. The van der Waals surface area contributed by atoms with Crippen molar-refractivity contribution in [1.82, 2.24) is 10.2 Å². The molecule has 0 aromatic heterocycles. The molecule has 1 aliphatic heterocycles. The first-order valence-electron chi connectivity index (χ1n) is 8.21. The van der Waals surface area contributed by atoms with Gasteiger partial charge in [-0.1, -0.05) is 11.6 Å². The molecule has 0 radical (unpaired) electrons. The smallest absolute Gasteiger partial charge is 0.305 e. The second-order valence-corrected chi connectivity index (χ2v) is 6.60. The number of ether oxygens (including phenoxy) is 1. The van der Waals surface area contributed by atoms with E-state index in [-0.39, 0.29) is 11.7 Å². The summed E-state index contributed by atoms with van der Waals surface area (Å²) in [5.41, 5.74) is 0.575. The van der Waals surface area contributed by atoms with E-state index >= 15 is 0 Å². The summed E-state index contributed by atoms with van der Waals surface area (Å²) in [6.45, 7) is 3.14. The molecule has 2 rings (SSSR count). The fourth-order valence-corrected chi connectivity index (χ4v) is 3.15. The topological polar surface area (TPSA) is 88.0 Å². The van der Waals surface area contributed by atoms with Crippen molar-refractivity contribution in [2.45, 2.75) is 12.8 Å². The second-order valence-electron chi connectivity index (χ2n) is 5.78. The van der Waals surface area contributed by atoms with Gasteiger partial charge in [-0.05, 0) is 30.8 Å². The standard InChI is InChI=1S/C16H21ClN4O4S/c1-25-15(22)3-2-6-18-16(26)20-9-7-19(8-10-20)13-5-4-12(17)11-14(13)21(23)24/h4-5,11H,2-3,6-10H2,1H3,(H,18,26). The summed E-state index contributed by atoms with van der Waals surface area (Å²) in [6, 6.07) is 4.71. The van der Waals surface area contributed by atoms with Gasteiger partial charge in [0.2, 0.25) is 0 Å². The van der Waals surface area contributed by atoms with Gasteiger partial charge in [-0.25, -0.2) is 0 Å². The Balaban J connectivity index is 1.84. The molecule has 0 spiro atoms. The van der Waals surface area contributed by atoms with Crippen LogP contribution in [0.15, 0.2) is 18.2 Å². The van der Waals surface area contributed by atoms with Gasteiger partial charge in [0.25, 0.3) is 5.69 Å². The first-order valence-corrected chi connectivity index (χ1v) is 8.99. The van der Waals surface area contributed by atoms with Crippen LogP contribution in [0.1, 0.15) is 12.8 Å². The van der Waals surface area contributed by atoms with E-state index in [2.05, 4.69) is 10.1 Å². The number of methoxy groups -OCH3 is 1. The third kappa shape index (κ3) is 5.43. The van der Waals surface area contributed by atoms with Crippen molar-refractivity contribution >= 4 is 46.3 Å². The van der Waals surface area contributed by atoms with Crippen LogP contribution in [0.2, 0.25) is 5.02 Å². The molecule has 0 bridgehead atoms. The maximum absolute atomic E-state index is 11.3. The molecule has 1 heterocycles. The molecule has 0 amide bonds. The number of halogens is 1. The van der Waals surface area contributed by atoms with Crippen molar-refractivity contribution in [3.05, 3.63) is 33.3 Å². The average molecular weight is 401 g/mol. The van der Waals surface area contributed by atoms with Gasteiger partial charge in [-0.15, -0.1) is 0 Å². The lowest BCUT2D eigenvalue weighted by Gasteiger charge is -2.37. The number of thiocarbonyl (C=S) groups is 1. The molecule has 10 heteroatoms. The predicted molar refractivity (Wildman–Crippen MR) is 104 cm³/mol. The van der Waals surface area contributed by atoms with Crippen LogP contribution in [-0.2, 0) is 9.53 Å². The number of esters is 1. The summed E-state index contributed by atoms with van der Waals surface area (Å²) < 4.78 is 4.59. The highest BCUT2D eigenvalue weighted by molar-refractivity contribution is 7.80. The van der Waals surface area contributed by atoms with E-state index in [0.29, 0.717) is 61.4 Å². The number of hydrogen-bond acceptors (Lipinski definition) is 6. The lowest BCUT2D eigenvalue weighted by molar-refractivity contribution is -0.384. The molecule has 1 N–H and O–H groups in total. The molecule has 1 aliphatic rings. The lowest BCUT2D eigenvalue weighted by Crippen LogP contribution is -2.52. The van der Waals surface area contributed by atoms with E-state index < -0.39 is 4.92 Å². The molecule has 142 valence electrons. The summed E-state index contributed by atoms with van der Waals surface area (Å²) in [6.07, 6.45) is 0.990. The Morgan fingerprint density at radius 3 is 2.69 bits per heavy atom. The highest BCUT2D eigenvalue weighted by atomic mass is 35.5. The highest BCUT2D eigenvalue weighted by Gasteiger charge is 2.24. The SMILES string of the molecule is COC(=O)CCCNC(=S)N1CCN(c2ccc(Cl)cc2[N+](=O)[O-])CC1. The zero-order valence-corrected chi connectivity index (χ0v) is 16.0. The number of nitro groups is 1. The van der Waals surface area contributed by atoms with E-state index in [1.54, 1.807) is 12.1 Å². The van der Waals surface area contributed by atoms with Crippen LogP contribution in [0.25, 0.3) is 0 Å². The number of benzene rings is 1. The first kappa shape index (κ1) is 20.2. The molecule has 8 nitrogen and oxygen atoms in total. The third-order valence-electron chi connectivity index (χ3n) is 4.10. The van der Waals surface area contributed by atoms with Crippen LogP contribution >= 0.6 is 23.8 Å². The number of carbonyl (C=O) groups excluding carboxylic acids is 1. The molecule has 0 aliphatic carbocycles. The predicted octanol–water partition coefficient (Wildman–Crippen LogP) is 2.20. The Labute approximate surface area is 162 Å². The monoisotopic (exact) mass is 400 g/mol. The Bertz CT molecular complexity index is 680. The van der Waals surface area contributed by atoms with Crippen molar-refractivity contribution in [2.24, 2.45) is 0 Å². The normalized spacial score (nSPS) is 14.1. The number of rotatable bonds is 6. The van der Waals surface area contributed by atoms with Crippen molar-refractivity contribution in [3.8, 4) is 0 Å². The minimum atomic E-state index is -0.416. The molecule has 1 aromatic rings. The number of nitrogens with one attached hydrogen (secondary N) is 1. The van der Waals surface area contributed by atoms with Crippen LogP contribution < -0.4 is 10.2 Å². The van der Waals surface area contributed by atoms with E-state index in [1.165, 1.54) is 13.2 Å². The molecule has 0 saturated carbocycles. The number of piperazine rings is 1. The fraction of sp³-hybridized carbons (Fsp3) is 0.500. The summed E-state index contributed by atoms with van der Waals surface area (Å²) in [5.74, 6) is -0.240. The Morgan fingerprint density at radius 1 is 1.38 bits per heavy atom. The van der Waals surface area contributed by atoms with Crippen molar-refractivity contribution in [1.29, 1.82) is 0 Å². The third-order valence-corrected chi connectivity index (χ3v) is 4.74. The zero-order valence-electron chi connectivity index (χ0n) is 14.4. The van der Waals surface area contributed by atoms with Crippen molar-refractivity contribution < 1.29 is 14.5 Å². The maximum Gasteiger partial charge on any atom is 0.305 e. The van der Waals surface area contributed by atoms with Crippen LogP contribution in [0, 0.1) is 10.1 Å². The lowest BCUT2D eigenvalue weighted by atomic mass is 10.2. The van der Waals surface area contributed by atoms with Crippen LogP contribution in [0.4, 0.5) is 11.4 Å². The molecule has 26 heavy (non-hydrogen) atoms. The van der Waals surface area contributed by atoms with E-state index in [4.69, 9.17) is 23.8 Å². The molecule has 1 saturated heterocycles. The number of carbonyl (C=O) groups is 1. The number of hydrogen-bond donors (Lipinski definition) is 1. The van der Waals surface area contributed by atoms with Gasteiger partial charge in [0.15, 0.2) is 5.11 Å². The fourth-order valence-electron chi connectivity index (χ4n) is 2.70. The first-order chi connectivity index (χ1) is 12.4. The van der Waals surface area contributed by atoms with Crippen molar-refractivity contribution in [3.63, 3.8) is 0 Å². The Morgan fingerprint density at radius 2 is 2.08 bits per heavy atom. The number of anilines is 1.